The number of hydrogen-bond donors (Lipinski definition) is 2. The van der Waals surface area contributed by atoms with Crippen molar-refractivity contribution in [2.75, 3.05) is 0 Å². The topological polar surface area (TPSA) is 67.4 Å². The Morgan fingerprint density at radius 1 is 1.00 bits per heavy atom. The average molecular weight is 340 g/mol. The smallest absolute Gasteiger partial charge is 0.279 e. The van der Waals surface area contributed by atoms with Crippen molar-refractivity contribution in [3.63, 3.8) is 0 Å². The van der Waals surface area contributed by atoms with Gasteiger partial charge in [0, 0.05) is 6.42 Å². The first-order valence-electron chi connectivity index (χ1n) is 8.32. The zero-order valence-corrected chi connectivity index (χ0v) is 14.8. The van der Waals surface area contributed by atoms with E-state index in [0.717, 1.165) is 16.7 Å². The molecule has 0 aliphatic carbocycles. The van der Waals surface area contributed by atoms with Gasteiger partial charge in [-0.05, 0) is 56.0 Å². The number of rotatable bonds is 6. The van der Waals surface area contributed by atoms with Crippen molar-refractivity contribution in [1.29, 1.82) is 0 Å². The van der Waals surface area contributed by atoms with Crippen molar-refractivity contribution in [2.24, 2.45) is 0 Å². The molecule has 0 bridgehead atoms. The first-order chi connectivity index (χ1) is 12.0. The maximum atomic E-state index is 12.0. The lowest BCUT2D eigenvalue weighted by molar-refractivity contribution is -0.132. The lowest BCUT2D eigenvalue weighted by atomic mass is 10.1. The lowest BCUT2D eigenvalue weighted by Crippen LogP contribution is -2.47. The second kappa shape index (κ2) is 8.87. The quantitative estimate of drug-likeness (QED) is 0.795. The van der Waals surface area contributed by atoms with Crippen LogP contribution in [0.15, 0.2) is 48.5 Å². The van der Waals surface area contributed by atoms with Gasteiger partial charge in [0.25, 0.3) is 5.91 Å². The molecule has 0 aliphatic rings. The van der Waals surface area contributed by atoms with Crippen LogP contribution in [-0.4, -0.2) is 17.9 Å². The summed E-state index contributed by atoms with van der Waals surface area (Å²) in [5.41, 5.74) is 8.16. The summed E-state index contributed by atoms with van der Waals surface area (Å²) in [7, 11) is 0. The van der Waals surface area contributed by atoms with E-state index in [0.29, 0.717) is 18.6 Å². The Morgan fingerprint density at radius 2 is 1.72 bits per heavy atom. The number of aryl methyl sites for hydroxylation is 3. The molecule has 0 radical (unpaired) electrons. The van der Waals surface area contributed by atoms with Crippen molar-refractivity contribution < 1.29 is 14.3 Å². The molecule has 132 valence electrons. The lowest BCUT2D eigenvalue weighted by Gasteiger charge is -2.16. The maximum Gasteiger partial charge on any atom is 0.279 e. The molecule has 2 aromatic carbocycles. The highest BCUT2D eigenvalue weighted by molar-refractivity contribution is 5.84. The summed E-state index contributed by atoms with van der Waals surface area (Å²) < 4.78 is 5.61. The SMILES string of the molecule is Cc1ccc(OC(C)C(=O)NNC(=O)CCc2ccccc2)cc1C. The number of nitrogens with one attached hydrogen (secondary N) is 2. The Morgan fingerprint density at radius 3 is 2.40 bits per heavy atom. The van der Waals surface area contributed by atoms with Crippen molar-refractivity contribution >= 4 is 11.8 Å². The van der Waals surface area contributed by atoms with Gasteiger partial charge in [-0.15, -0.1) is 0 Å². The van der Waals surface area contributed by atoms with Crippen LogP contribution in [0.4, 0.5) is 0 Å². The number of ether oxygens (including phenoxy) is 1. The van der Waals surface area contributed by atoms with Crippen LogP contribution in [0.5, 0.6) is 5.75 Å². The highest BCUT2D eigenvalue weighted by Gasteiger charge is 2.15. The molecule has 2 aromatic rings. The molecular formula is C20H24N2O3. The van der Waals surface area contributed by atoms with E-state index in [-0.39, 0.29) is 5.91 Å². The van der Waals surface area contributed by atoms with E-state index in [2.05, 4.69) is 10.9 Å². The van der Waals surface area contributed by atoms with Crippen LogP contribution in [0.3, 0.4) is 0 Å². The third-order valence-electron chi connectivity index (χ3n) is 3.97. The fourth-order valence-electron chi connectivity index (χ4n) is 2.24. The molecule has 25 heavy (non-hydrogen) atoms. The molecule has 1 atom stereocenters. The molecule has 0 fully saturated rings. The van der Waals surface area contributed by atoms with E-state index in [4.69, 9.17) is 4.74 Å². The Bertz CT molecular complexity index is 729. The molecule has 2 amide bonds. The first-order valence-corrected chi connectivity index (χ1v) is 8.32. The molecule has 0 aromatic heterocycles. The summed E-state index contributed by atoms with van der Waals surface area (Å²) in [6.07, 6.45) is 0.213. The number of carbonyl (C=O) groups excluding carboxylic acids is 2. The third kappa shape index (κ3) is 5.95. The molecule has 1 unspecified atom stereocenters. The van der Waals surface area contributed by atoms with Crippen molar-refractivity contribution in [2.45, 2.75) is 39.7 Å². The summed E-state index contributed by atoms with van der Waals surface area (Å²) in [6, 6.07) is 15.4. The number of carbonyl (C=O) groups is 2. The molecule has 2 N–H and O–H groups in total. The van der Waals surface area contributed by atoms with Crippen LogP contribution in [0, 0.1) is 13.8 Å². The molecule has 5 nitrogen and oxygen atoms in total. The zero-order valence-electron chi connectivity index (χ0n) is 14.8. The molecule has 0 saturated heterocycles. The van der Waals surface area contributed by atoms with Crippen LogP contribution in [-0.2, 0) is 16.0 Å². The molecule has 5 heteroatoms. The van der Waals surface area contributed by atoms with Crippen LogP contribution in [0.25, 0.3) is 0 Å². The Balaban J connectivity index is 1.74. The van der Waals surface area contributed by atoms with Gasteiger partial charge in [-0.1, -0.05) is 36.4 Å². The summed E-state index contributed by atoms with van der Waals surface area (Å²) in [5, 5.41) is 0. The fraction of sp³-hybridized carbons (Fsp3) is 0.300. The fourth-order valence-corrected chi connectivity index (χ4v) is 2.24. The van der Waals surface area contributed by atoms with Gasteiger partial charge in [0.1, 0.15) is 5.75 Å². The predicted octanol–water partition coefficient (Wildman–Crippen LogP) is 2.85. The molecule has 0 saturated carbocycles. The second-order valence-corrected chi connectivity index (χ2v) is 6.03. The number of hydrogen-bond acceptors (Lipinski definition) is 3. The van der Waals surface area contributed by atoms with Crippen LogP contribution in [0.1, 0.15) is 30.0 Å². The van der Waals surface area contributed by atoms with Crippen LogP contribution in [0.2, 0.25) is 0 Å². The first kappa shape index (κ1) is 18.5. The normalized spacial score (nSPS) is 11.5. The number of benzene rings is 2. The molecule has 0 spiro atoms. The Labute approximate surface area is 148 Å². The van der Waals surface area contributed by atoms with Crippen LogP contribution >= 0.6 is 0 Å². The zero-order chi connectivity index (χ0) is 18.2. The van der Waals surface area contributed by atoms with Crippen molar-refractivity contribution in [1.82, 2.24) is 10.9 Å². The monoisotopic (exact) mass is 340 g/mol. The average Bonchev–Trinajstić information content (AvgIpc) is 2.61. The van der Waals surface area contributed by atoms with Gasteiger partial charge in [-0.3, -0.25) is 20.4 Å². The van der Waals surface area contributed by atoms with Gasteiger partial charge < -0.3 is 4.74 Å². The van der Waals surface area contributed by atoms with Gasteiger partial charge >= 0.3 is 0 Å². The molecule has 2 rings (SSSR count). The molecule has 0 aliphatic heterocycles. The van der Waals surface area contributed by atoms with E-state index in [1.165, 1.54) is 0 Å². The summed E-state index contributed by atoms with van der Waals surface area (Å²) in [5.74, 6) is -0.0111. The van der Waals surface area contributed by atoms with Crippen molar-refractivity contribution in [3.8, 4) is 5.75 Å². The van der Waals surface area contributed by atoms with E-state index < -0.39 is 12.0 Å². The van der Waals surface area contributed by atoms with E-state index in [1.54, 1.807) is 6.92 Å². The third-order valence-corrected chi connectivity index (χ3v) is 3.97. The van der Waals surface area contributed by atoms with Crippen molar-refractivity contribution in [3.05, 3.63) is 65.2 Å². The standard InChI is InChI=1S/C20H24N2O3/c1-14-9-11-18(13-15(14)2)25-16(3)20(24)22-21-19(23)12-10-17-7-5-4-6-8-17/h4-9,11,13,16H,10,12H2,1-3H3,(H,21,23)(H,22,24). The number of hydrazine groups is 1. The van der Waals surface area contributed by atoms with E-state index in [1.807, 2.05) is 62.4 Å². The maximum absolute atomic E-state index is 12.0. The minimum absolute atomic E-state index is 0.240. The highest BCUT2D eigenvalue weighted by Crippen LogP contribution is 2.17. The summed E-state index contributed by atoms with van der Waals surface area (Å²) >= 11 is 0. The Kier molecular flexibility index (Phi) is 6.57. The number of amides is 2. The van der Waals surface area contributed by atoms with Gasteiger partial charge in [-0.25, -0.2) is 0 Å². The Hall–Kier alpha value is -2.82. The minimum Gasteiger partial charge on any atom is -0.481 e. The van der Waals surface area contributed by atoms with E-state index >= 15 is 0 Å². The predicted molar refractivity (Wildman–Crippen MR) is 97.1 cm³/mol. The van der Waals surface area contributed by atoms with Gasteiger partial charge in [-0.2, -0.15) is 0 Å². The minimum atomic E-state index is -0.712. The molecular weight excluding hydrogens is 316 g/mol. The van der Waals surface area contributed by atoms with E-state index in [9.17, 15) is 9.59 Å². The molecule has 0 heterocycles. The van der Waals surface area contributed by atoms with Gasteiger partial charge in [0.2, 0.25) is 5.91 Å². The highest BCUT2D eigenvalue weighted by atomic mass is 16.5. The summed E-state index contributed by atoms with van der Waals surface area (Å²) in [6.45, 7) is 5.64. The largest absolute Gasteiger partial charge is 0.481 e. The van der Waals surface area contributed by atoms with Gasteiger partial charge in [0.05, 0.1) is 0 Å². The van der Waals surface area contributed by atoms with Gasteiger partial charge in [0.15, 0.2) is 6.10 Å². The van der Waals surface area contributed by atoms with Crippen LogP contribution < -0.4 is 15.6 Å². The summed E-state index contributed by atoms with van der Waals surface area (Å²) in [4.78, 5) is 23.8. The second-order valence-electron chi connectivity index (χ2n) is 6.03.